The molecule has 1 unspecified atom stereocenters. The van der Waals surface area contributed by atoms with E-state index in [1.807, 2.05) is 0 Å². The van der Waals surface area contributed by atoms with E-state index in [-0.39, 0.29) is 30.3 Å². The minimum atomic E-state index is -3.62. The Morgan fingerprint density at radius 1 is 1.29 bits per heavy atom. The number of sulfonamides is 1. The molecule has 2 rings (SSSR count). The number of carbonyl (C=O) groups is 1. The molecule has 1 atom stereocenters. The maximum absolute atomic E-state index is 12.5. The summed E-state index contributed by atoms with van der Waals surface area (Å²) in [6.45, 7) is 1.53. The van der Waals surface area contributed by atoms with E-state index >= 15 is 0 Å². The zero-order chi connectivity index (χ0) is 17.8. The summed E-state index contributed by atoms with van der Waals surface area (Å²) in [5.74, 6) is -0.675. The van der Waals surface area contributed by atoms with E-state index in [1.165, 1.54) is 0 Å². The molecule has 0 bridgehead atoms. The second-order valence-electron chi connectivity index (χ2n) is 5.84. The highest BCUT2D eigenvalue weighted by Gasteiger charge is 2.30. The van der Waals surface area contributed by atoms with E-state index in [9.17, 15) is 21.6 Å². The first-order valence-corrected chi connectivity index (χ1v) is 11.2. The molecule has 1 heterocycles. The molecular weight excluding hydrogens is 352 g/mol. The van der Waals surface area contributed by atoms with Crippen molar-refractivity contribution < 1.29 is 21.6 Å². The van der Waals surface area contributed by atoms with E-state index in [0.29, 0.717) is 12.0 Å². The number of sulfone groups is 1. The molecule has 0 aliphatic carbocycles. The lowest BCUT2D eigenvalue weighted by Gasteiger charge is -2.21. The number of likely N-dealkylation sites (N-methyl/N-ethyl adjacent to an activating group) is 1. The van der Waals surface area contributed by atoms with Gasteiger partial charge in [-0.15, -0.1) is 0 Å². The predicted molar refractivity (Wildman–Crippen MR) is 91.5 cm³/mol. The number of amides is 1. The molecule has 0 spiro atoms. The van der Waals surface area contributed by atoms with Crippen LogP contribution in [-0.2, 0) is 30.4 Å². The molecule has 1 saturated heterocycles. The molecule has 1 fully saturated rings. The summed E-state index contributed by atoms with van der Waals surface area (Å²) in [7, 11) is -6.71. The zero-order valence-electron chi connectivity index (χ0n) is 13.5. The lowest BCUT2D eigenvalue weighted by atomic mass is 10.2. The average Bonchev–Trinajstić information content (AvgIpc) is 2.84. The van der Waals surface area contributed by atoms with Gasteiger partial charge >= 0.3 is 0 Å². The molecule has 9 heteroatoms. The quantitative estimate of drug-likeness (QED) is 0.732. The number of hydrogen-bond acceptors (Lipinski definition) is 5. The maximum atomic E-state index is 12.5. The number of rotatable bonds is 7. The van der Waals surface area contributed by atoms with E-state index in [2.05, 4.69) is 5.32 Å². The summed E-state index contributed by atoms with van der Waals surface area (Å²) in [6, 6.07) is 8.32. The van der Waals surface area contributed by atoms with E-state index in [0.717, 1.165) is 4.31 Å². The number of nitrogens with zero attached hydrogens (tertiary/aromatic N) is 1. The molecule has 24 heavy (non-hydrogen) atoms. The van der Waals surface area contributed by atoms with Crippen LogP contribution >= 0.6 is 0 Å². The van der Waals surface area contributed by atoms with Crippen molar-refractivity contribution in [3.05, 3.63) is 35.9 Å². The van der Waals surface area contributed by atoms with Crippen LogP contribution in [0.25, 0.3) is 0 Å². The Kier molecular flexibility index (Phi) is 6.00. The van der Waals surface area contributed by atoms with Gasteiger partial charge in [-0.05, 0) is 12.0 Å². The van der Waals surface area contributed by atoms with Crippen LogP contribution in [0.4, 0.5) is 0 Å². The molecule has 1 aromatic carbocycles. The zero-order valence-corrected chi connectivity index (χ0v) is 15.1. The van der Waals surface area contributed by atoms with Crippen molar-refractivity contribution in [1.29, 1.82) is 0 Å². The van der Waals surface area contributed by atoms with Gasteiger partial charge in [-0.25, -0.2) is 16.8 Å². The van der Waals surface area contributed by atoms with E-state index in [1.54, 1.807) is 37.3 Å². The minimum absolute atomic E-state index is 0.0573. The fraction of sp³-hybridized carbons (Fsp3) is 0.533. The highest BCUT2D eigenvalue weighted by molar-refractivity contribution is 7.91. The number of nitrogens with one attached hydrogen (secondary N) is 1. The van der Waals surface area contributed by atoms with Gasteiger partial charge in [-0.1, -0.05) is 37.3 Å². The van der Waals surface area contributed by atoms with Gasteiger partial charge in [0, 0.05) is 12.6 Å². The van der Waals surface area contributed by atoms with E-state index < -0.39 is 31.8 Å². The highest BCUT2D eigenvalue weighted by Crippen LogP contribution is 2.13. The van der Waals surface area contributed by atoms with Gasteiger partial charge in [-0.3, -0.25) is 4.79 Å². The smallest absolute Gasteiger partial charge is 0.235 e. The SMILES string of the molecule is CCN(CC(=O)NC1CCS(=O)(=O)C1)S(=O)(=O)Cc1ccccc1. The number of carbonyl (C=O) groups excluding carboxylic acids is 1. The molecule has 1 N–H and O–H groups in total. The Morgan fingerprint density at radius 3 is 2.50 bits per heavy atom. The van der Waals surface area contributed by atoms with Crippen molar-refractivity contribution in [1.82, 2.24) is 9.62 Å². The predicted octanol–water partition coefficient (Wildman–Crippen LogP) is 0.142. The van der Waals surface area contributed by atoms with Crippen LogP contribution in [0.2, 0.25) is 0 Å². The van der Waals surface area contributed by atoms with Gasteiger partial charge in [0.15, 0.2) is 9.84 Å². The van der Waals surface area contributed by atoms with Crippen molar-refractivity contribution in [3.63, 3.8) is 0 Å². The van der Waals surface area contributed by atoms with Crippen molar-refractivity contribution in [2.75, 3.05) is 24.6 Å². The van der Waals surface area contributed by atoms with Gasteiger partial charge in [0.1, 0.15) is 0 Å². The standard InChI is InChI=1S/C15H22N2O5S2/c1-2-17(24(21,22)11-13-6-4-3-5-7-13)10-15(18)16-14-8-9-23(19,20)12-14/h3-7,14H,2,8-12H2,1H3,(H,16,18). The van der Waals surface area contributed by atoms with Crippen LogP contribution in [0.5, 0.6) is 0 Å². The fourth-order valence-corrected chi connectivity index (χ4v) is 5.80. The molecule has 1 aliphatic rings. The van der Waals surface area contributed by atoms with Crippen LogP contribution in [0.15, 0.2) is 30.3 Å². The summed E-state index contributed by atoms with van der Waals surface area (Å²) in [6.07, 6.45) is 0.372. The minimum Gasteiger partial charge on any atom is -0.351 e. The molecule has 1 amide bonds. The Bertz CT molecular complexity index is 775. The van der Waals surface area contributed by atoms with Gasteiger partial charge < -0.3 is 5.32 Å². The summed E-state index contributed by atoms with van der Waals surface area (Å²) < 4.78 is 48.8. The first-order chi connectivity index (χ1) is 11.2. The van der Waals surface area contributed by atoms with Crippen molar-refractivity contribution in [2.45, 2.75) is 25.1 Å². The van der Waals surface area contributed by atoms with E-state index in [4.69, 9.17) is 0 Å². The van der Waals surface area contributed by atoms with Gasteiger partial charge in [0.25, 0.3) is 0 Å². The average molecular weight is 374 g/mol. The molecule has 1 aliphatic heterocycles. The number of benzene rings is 1. The van der Waals surface area contributed by atoms with Crippen molar-refractivity contribution >= 4 is 25.8 Å². The first kappa shape index (κ1) is 18.9. The normalized spacial score (nSPS) is 20.2. The molecule has 0 saturated carbocycles. The lowest BCUT2D eigenvalue weighted by Crippen LogP contribution is -2.44. The second kappa shape index (κ2) is 7.62. The van der Waals surface area contributed by atoms with Crippen molar-refractivity contribution in [3.8, 4) is 0 Å². The topological polar surface area (TPSA) is 101 Å². The van der Waals surface area contributed by atoms with Gasteiger partial charge in [-0.2, -0.15) is 4.31 Å². The largest absolute Gasteiger partial charge is 0.351 e. The van der Waals surface area contributed by atoms with Gasteiger partial charge in [0.05, 0.1) is 23.8 Å². The first-order valence-electron chi connectivity index (χ1n) is 7.73. The molecule has 0 radical (unpaired) electrons. The molecular formula is C15H22N2O5S2. The Hall–Kier alpha value is -1.45. The third-order valence-corrected chi connectivity index (χ3v) is 7.50. The monoisotopic (exact) mass is 374 g/mol. The van der Waals surface area contributed by atoms with Crippen molar-refractivity contribution in [2.24, 2.45) is 0 Å². The second-order valence-corrected chi connectivity index (χ2v) is 10.0. The fourth-order valence-electron chi connectivity index (χ4n) is 2.63. The summed E-state index contributed by atoms with van der Waals surface area (Å²) in [5, 5.41) is 2.61. The van der Waals surface area contributed by atoms with Crippen LogP contribution in [0, 0.1) is 0 Å². The van der Waals surface area contributed by atoms with Crippen LogP contribution < -0.4 is 5.32 Å². The van der Waals surface area contributed by atoms with Gasteiger partial charge in [0.2, 0.25) is 15.9 Å². The maximum Gasteiger partial charge on any atom is 0.235 e. The number of hydrogen-bond donors (Lipinski definition) is 1. The molecule has 0 aromatic heterocycles. The third-order valence-electron chi connectivity index (χ3n) is 3.86. The lowest BCUT2D eigenvalue weighted by molar-refractivity contribution is -0.121. The van der Waals surface area contributed by atoms with Crippen LogP contribution in [0.3, 0.4) is 0 Å². The van der Waals surface area contributed by atoms with Crippen LogP contribution in [-0.4, -0.2) is 57.7 Å². The summed E-state index contributed by atoms with van der Waals surface area (Å²) in [4.78, 5) is 12.1. The Morgan fingerprint density at radius 2 is 1.96 bits per heavy atom. The van der Waals surface area contributed by atoms with Crippen LogP contribution in [0.1, 0.15) is 18.9 Å². The summed E-state index contributed by atoms with van der Waals surface area (Å²) >= 11 is 0. The highest BCUT2D eigenvalue weighted by atomic mass is 32.2. The third kappa shape index (κ3) is 5.29. The molecule has 7 nitrogen and oxygen atoms in total. The Balaban J connectivity index is 1.96. The molecule has 134 valence electrons. The Labute approximate surface area is 143 Å². The molecule has 1 aromatic rings. The summed E-state index contributed by atoms with van der Waals surface area (Å²) in [5.41, 5.74) is 0.651.